The van der Waals surface area contributed by atoms with Crippen molar-refractivity contribution in [3.63, 3.8) is 0 Å². The van der Waals surface area contributed by atoms with Gasteiger partial charge in [-0.2, -0.15) is 0 Å². The highest BCUT2D eigenvalue weighted by Crippen LogP contribution is 2.28. The largest absolute Gasteiger partial charge is 0.455 e. The van der Waals surface area contributed by atoms with E-state index in [1.54, 1.807) is 24.3 Å². The predicted octanol–water partition coefficient (Wildman–Crippen LogP) is 3.88. The van der Waals surface area contributed by atoms with Gasteiger partial charge >= 0.3 is 0 Å². The highest BCUT2D eigenvalue weighted by Gasteiger charge is 2.23. The van der Waals surface area contributed by atoms with Crippen molar-refractivity contribution >= 4 is 27.8 Å². The van der Waals surface area contributed by atoms with E-state index in [9.17, 15) is 9.59 Å². The van der Waals surface area contributed by atoms with Gasteiger partial charge in [-0.25, -0.2) is 0 Å². The van der Waals surface area contributed by atoms with Gasteiger partial charge in [0.05, 0.1) is 10.8 Å². The van der Waals surface area contributed by atoms with Crippen molar-refractivity contribution in [3.8, 4) is 0 Å². The van der Waals surface area contributed by atoms with Crippen LogP contribution in [-0.4, -0.2) is 5.91 Å². The van der Waals surface area contributed by atoms with E-state index in [1.807, 2.05) is 50.2 Å². The van der Waals surface area contributed by atoms with Gasteiger partial charge in [0.25, 0.3) is 0 Å². The van der Waals surface area contributed by atoms with Crippen LogP contribution < -0.4 is 16.5 Å². The number of para-hydroxylation sites is 1. The molecule has 3 aromatic carbocycles. The van der Waals surface area contributed by atoms with Crippen molar-refractivity contribution in [1.82, 2.24) is 5.32 Å². The lowest BCUT2D eigenvalue weighted by atomic mass is 10.00. The zero-order valence-corrected chi connectivity index (χ0v) is 16.4. The zero-order chi connectivity index (χ0) is 20.5. The van der Waals surface area contributed by atoms with Crippen LogP contribution in [0.2, 0.25) is 0 Å². The molecule has 0 bridgehead atoms. The Hall–Kier alpha value is -3.44. The molecule has 1 atom stereocenters. The third kappa shape index (κ3) is 3.41. The molecule has 5 nitrogen and oxygen atoms in total. The van der Waals surface area contributed by atoms with Crippen molar-refractivity contribution in [3.05, 3.63) is 93.1 Å². The van der Waals surface area contributed by atoms with Crippen molar-refractivity contribution in [2.24, 2.45) is 5.73 Å². The van der Waals surface area contributed by atoms with E-state index < -0.39 is 11.9 Å². The standard InChI is InChI=1S/C24H22N2O3/c1-14-11-12-19-21(27)18-10-6-9-17(23(18)29-22(19)15(14)2)20(24(25)28)26-13-16-7-4-3-5-8-16/h3-12,20,26H,13H2,1-2H3,(H2,25,28). The molecule has 1 unspecified atom stereocenters. The summed E-state index contributed by atoms with van der Waals surface area (Å²) in [6.07, 6.45) is 0. The molecule has 1 aromatic heterocycles. The molecule has 1 heterocycles. The van der Waals surface area contributed by atoms with E-state index in [-0.39, 0.29) is 5.43 Å². The molecule has 1 amide bonds. The molecule has 0 aliphatic carbocycles. The zero-order valence-electron chi connectivity index (χ0n) is 16.4. The van der Waals surface area contributed by atoms with Gasteiger partial charge in [0.1, 0.15) is 17.2 Å². The maximum absolute atomic E-state index is 13.1. The smallest absolute Gasteiger partial charge is 0.239 e. The second-order valence-corrected chi connectivity index (χ2v) is 7.24. The fourth-order valence-electron chi connectivity index (χ4n) is 3.60. The number of amides is 1. The molecule has 4 aromatic rings. The molecule has 0 saturated heterocycles. The molecule has 0 aliphatic heterocycles. The SMILES string of the molecule is Cc1ccc2c(=O)c3cccc(C(NCc4ccccc4)C(N)=O)c3oc2c1C. The Morgan fingerprint density at radius 3 is 2.41 bits per heavy atom. The lowest BCUT2D eigenvalue weighted by molar-refractivity contribution is -0.120. The van der Waals surface area contributed by atoms with Crippen LogP contribution in [0.5, 0.6) is 0 Å². The predicted molar refractivity (Wildman–Crippen MR) is 115 cm³/mol. The van der Waals surface area contributed by atoms with Gasteiger partial charge in [-0.3, -0.25) is 14.9 Å². The average Bonchev–Trinajstić information content (AvgIpc) is 2.72. The van der Waals surface area contributed by atoms with Gasteiger partial charge in [-0.05, 0) is 42.7 Å². The van der Waals surface area contributed by atoms with Gasteiger partial charge in [0.15, 0.2) is 0 Å². The van der Waals surface area contributed by atoms with Gasteiger partial charge in [0.2, 0.25) is 11.3 Å². The number of carbonyl (C=O) groups excluding carboxylic acids is 1. The van der Waals surface area contributed by atoms with E-state index in [0.29, 0.717) is 34.0 Å². The third-order valence-electron chi connectivity index (χ3n) is 5.36. The summed E-state index contributed by atoms with van der Waals surface area (Å²) in [5.74, 6) is -0.530. The van der Waals surface area contributed by atoms with Crippen molar-refractivity contribution in [2.75, 3.05) is 0 Å². The number of rotatable bonds is 5. The molecular formula is C24H22N2O3. The van der Waals surface area contributed by atoms with Crippen LogP contribution in [0.25, 0.3) is 21.9 Å². The maximum atomic E-state index is 13.1. The summed E-state index contributed by atoms with van der Waals surface area (Å²) in [4.78, 5) is 25.4. The topological polar surface area (TPSA) is 85.3 Å². The Bertz CT molecular complexity index is 1280. The minimum absolute atomic E-state index is 0.113. The Morgan fingerprint density at radius 1 is 0.966 bits per heavy atom. The fourth-order valence-corrected chi connectivity index (χ4v) is 3.60. The summed E-state index contributed by atoms with van der Waals surface area (Å²) in [6, 6.07) is 17.9. The summed E-state index contributed by atoms with van der Waals surface area (Å²) in [6.45, 7) is 4.35. The van der Waals surface area contributed by atoms with Crippen LogP contribution in [0.4, 0.5) is 0 Å². The molecule has 0 radical (unpaired) electrons. The van der Waals surface area contributed by atoms with Crippen LogP contribution in [0.15, 0.2) is 69.9 Å². The molecule has 0 saturated carbocycles. The second kappa shape index (κ2) is 7.53. The van der Waals surface area contributed by atoms with Gasteiger partial charge in [0, 0.05) is 12.1 Å². The Morgan fingerprint density at radius 2 is 1.69 bits per heavy atom. The number of hydrogen-bond acceptors (Lipinski definition) is 4. The van der Waals surface area contributed by atoms with E-state index in [2.05, 4.69) is 5.32 Å². The lowest BCUT2D eigenvalue weighted by Crippen LogP contribution is -2.33. The van der Waals surface area contributed by atoms with Crippen LogP contribution in [-0.2, 0) is 11.3 Å². The first-order chi connectivity index (χ1) is 14.0. The number of primary amides is 1. The molecule has 3 N–H and O–H groups in total. The van der Waals surface area contributed by atoms with Crippen molar-refractivity contribution in [1.29, 1.82) is 0 Å². The number of fused-ring (bicyclic) bond motifs is 2. The normalized spacial score (nSPS) is 12.3. The van der Waals surface area contributed by atoms with Gasteiger partial charge < -0.3 is 10.2 Å². The monoisotopic (exact) mass is 386 g/mol. The summed E-state index contributed by atoms with van der Waals surface area (Å²) in [5.41, 5.74) is 10.1. The summed E-state index contributed by atoms with van der Waals surface area (Å²) < 4.78 is 6.21. The average molecular weight is 386 g/mol. The van der Waals surface area contributed by atoms with E-state index in [1.165, 1.54) is 0 Å². The third-order valence-corrected chi connectivity index (χ3v) is 5.36. The van der Waals surface area contributed by atoms with E-state index >= 15 is 0 Å². The van der Waals surface area contributed by atoms with Crippen LogP contribution in [0.3, 0.4) is 0 Å². The Balaban J connectivity index is 1.88. The highest BCUT2D eigenvalue weighted by molar-refractivity contribution is 5.95. The number of carbonyl (C=O) groups is 1. The molecule has 146 valence electrons. The Labute approximate surface area is 168 Å². The maximum Gasteiger partial charge on any atom is 0.239 e. The lowest BCUT2D eigenvalue weighted by Gasteiger charge is -2.18. The molecule has 5 heteroatoms. The van der Waals surface area contributed by atoms with Crippen molar-refractivity contribution in [2.45, 2.75) is 26.4 Å². The van der Waals surface area contributed by atoms with E-state index in [0.717, 1.165) is 16.7 Å². The number of nitrogens with two attached hydrogens (primary N) is 1. The van der Waals surface area contributed by atoms with Gasteiger partial charge in [-0.15, -0.1) is 0 Å². The van der Waals surface area contributed by atoms with Crippen LogP contribution in [0.1, 0.15) is 28.3 Å². The molecule has 4 rings (SSSR count). The quantitative estimate of drug-likeness (QED) is 0.510. The molecular weight excluding hydrogens is 364 g/mol. The molecule has 0 spiro atoms. The number of nitrogens with one attached hydrogen (secondary N) is 1. The number of hydrogen-bond donors (Lipinski definition) is 2. The molecule has 0 aliphatic rings. The molecule has 29 heavy (non-hydrogen) atoms. The second-order valence-electron chi connectivity index (χ2n) is 7.24. The summed E-state index contributed by atoms with van der Waals surface area (Å²) in [5, 5.41) is 4.17. The number of benzene rings is 3. The number of aryl methyl sites for hydroxylation is 2. The summed E-state index contributed by atoms with van der Waals surface area (Å²) in [7, 11) is 0. The fraction of sp³-hybridized carbons (Fsp3) is 0.167. The minimum atomic E-state index is -0.787. The van der Waals surface area contributed by atoms with Crippen molar-refractivity contribution < 1.29 is 9.21 Å². The first-order valence-electron chi connectivity index (χ1n) is 9.49. The van der Waals surface area contributed by atoms with Crippen LogP contribution in [0, 0.1) is 13.8 Å². The first-order valence-corrected chi connectivity index (χ1v) is 9.49. The minimum Gasteiger partial charge on any atom is -0.455 e. The molecule has 0 fully saturated rings. The van der Waals surface area contributed by atoms with Gasteiger partial charge in [-0.1, -0.05) is 48.5 Å². The first kappa shape index (κ1) is 18.9. The van der Waals surface area contributed by atoms with Crippen LogP contribution >= 0.6 is 0 Å². The van der Waals surface area contributed by atoms with E-state index in [4.69, 9.17) is 10.2 Å². The highest BCUT2D eigenvalue weighted by atomic mass is 16.3. The Kier molecular flexibility index (Phi) is 4.91. The summed E-state index contributed by atoms with van der Waals surface area (Å²) >= 11 is 0.